The molecule has 0 aliphatic carbocycles. The Morgan fingerprint density at radius 3 is 2.46 bits per heavy atom. The Hall–Kier alpha value is -3.06. The van der Waals surface area contributed by atoms with E-state index in [9.17, 15) is 4.79 Å². The number of anilines is 1. The number of hydrogen-bond donors (Lipinski definition) is 1. The van der Waals surface area contributed by atoms with E-state index in [1.807, 2.05) is 16.8 Å². The van der Waals surface area contributed by atoms with Crippen molar-refractivity contribution in [3.63, 3.8) is 0 Å². The van der Waals surface area contributed by atoms with Gasteiger partial charge in [-0.1, -0.05) is 12.1 Å². The molecule has 4 rings (SSSR count). The molecule has 7 heteroatoms. The molecule has 1 amide bonds. The lowest BCUT2D eigenvalue weighted by molar-refractivity contribution is 0.209. The summed E-state index contributed by atoms with van der Waals surface area (Å²) in [7, 11) is 0. The maximum absolute atomic E-state index is 11.1. The minimum absolute atomic E-state index is 0.348. The summed E-state index contributed by atoms with van der Waals surface area (Å²) in [5.41, 5.74) is 8.76. The summed E-state index contributed by atoms with van der Waals surface area (Å²) in [5.74, 6) is 0.348. The fourth-order valence-electron chi connectivity index (χ4n) is 3.65. The van der Waals surface area contributed by atoms with Crippen LogP contribution in [0.25, 0.3) is 16.9 Å². The lowest BCUT2D eigenvalue weighted by Gasteiger charge is -2.38. The molecule has 1 aliphatic rings. The second kappa shape index (κ2) is 7.52. The van der Waals surface area contributed by atoms with Gasteiger partial charge >= 0.3 is 6.09 Å². The van der Waals surface area contributed by atoms with Crippen molar-refractivity contribution in [2.24, 2.45) is 5.73 Å². The first-order chi connectivity index (χ1) is 13.5. The number of piperazine rings is 1. The van der Waals surface area contributed by atoms with Crippen molar-refractivity contribution in [2.45, 2.75) is 19.9 Å². The van der Waals surface area contributed by atoms with E-state index in [2.05, 4.69) is 52.9 Å². The van der Waals surface area contributed by atoms with Crippen LogP contribution in [-0.4, -0.2) is 52.6 Å². The second-order valence-corrected chi connectivity index (χ2v) is 7.31. The number of amides is 1. The highest BCUT2D eigenvalue weighted by molar-refractivity contribution is 5.73. The van der Waals surface area contributed by atoms with E-state index in [0.29, 0.717) is 17.4 Å². The minimum Gasteiger partial charge on any atom is -0.406 e. The predicted octanol–water partition coefficient (Wildman–Crippen LogP) is 2.99. The van der Waals surface area contributed by atoms with Gasteiger partial charge in [0.05, 0.1) is 5.69 Å². The lowest BCUT2D eigenvalue weighted by Crippen LogP contribution is -2.48. The average molecular weight is 379 g/mol. The molecule has 2 N–H and O–H groups in total. The number of aromatic nitrogens is 2. The zero-order valence-electron chi connectivity index (χ0n) is 16.2. The fraction of sp³-hybridized carbons (Fsp3) is 0.333. The number of rotatable bonds is 4. The van der Waals surface area contributed by atoms with Gasteiger partial charge in [0, 0.05) is 55.9 Å². The van der Waals surface area contributed by atoms with Gasteiger partial charge in [-0.15, -0.1) is 0 Å². The molecule has 0 atom stereocenters. The number of primary amides is 1. The first-order valence-electron chi connectivity index (χ1n) is 9.56. The number of benzene rings is 1. The van der Waals surface area contributed by atoms with E-state index >= 15 is 0 Å². The van der Waals surface area contributed by atoms with Crippen molar-refractivity contribution in [1.82, 2.24) is 14.3 Å². The first-order valence-corrected chi connectivity index (χ1v) is 9.56. The number of carbonyl (C=O) groups is 1. The smallest absolute Gasteiger partial charge is 0.406 e. The van der Waals surface area contributed by atoms with E-state index in [4.69, 9.17) is 10.5 Å². The molecule has 0 radical (unpaired) electrons. The molecule has 0 unspecified atom stereocenters. The molecule has 0 spiro atoms. The number of imidazole rings is 1. The molecule has 1 aliphatic heterocycles. The summed E-state index contributed by atoms with van der Waals surface area (Å²) in [6, 6.07) is 12.5. The van der Waals surface area contributed by atoms with Gasteiger partial charge in [0.1, 0.15) is 0 Å². The van der Waals surface area contributed by atoms with Gasteiger partial charge in [-0.2, -0.15) is 0 Å². The van der Waals surface area contributed by atoms with Gasteiger partial charge in [0.25, 0.3) is 0 Å². The Kier molecular flexibility index (Phi) is 4.92. The molecule has 3 heterocycles. The normalized spacial score (nSPS) is 15.3. The number of carbonyl (C=O) groups excluding carboxylic acids is 1. The molecule has 3 aromatic rings. The van der Waals surface area contributed by atoms with Crippen LogP contribution >= 0.6 is 0 Å². The van der Waals surface area contributed by atoms with Gasteiger partial charge < -0.3 is 19.8 Å². The third kappa shape index (κ3) is 3.66. The van der Waals surface area contributed by atoms with Crippen molar-refractivity contribution in [2.75, 3.05) is 31.1 Å². The van der Waals surface area contributed by atoms with Gasteiger partial charge in [-0.3, -0.25) is 4.90 Å². The van der Waals surface area contributed by atoms with Crippen LogP contribution in [0.2, 0.25) is 0 Å². The molecule has 0 saturated carbocycles. The Morgan fingerprint density at radius 2 is 1.82 bits per heavy atom. The van der Waals surface area contributed by atoms with Crippen molar-refractivity contribution < 1.29 is 9.53 Å². The number of fused-ring (bicyclic) bond motifs is 1. The van der Waals surface area contributed by atoms with Crippen LogP contribution in [0.5, 0.6) is 5.75 Å². The Morgan fingerprint density at radius 1 is 1.11 bits per heavy atom. The van der Waals surface area contributed by atoms with Crippen molar-refractivity contribution in [3.05, 3.63) is 48.8 Å². The van der Waals surface area contributed by atoms with E-state index in [0.717, 1.165) is 37.4 Å². The van der Waals surface area contributed by atoms with Crippen molar-refractivity contribution >= 4 is 17.4 Å². The van der Waals surface area contributed by atoms with Crippen LogP contribution in [0.1, 0.15) is 13.8 Å². The SMILES string of the molecule is CC(C)N1CCN(c2ccc(-c3cn4cccc(OC(N)=O)c4n3)cc2)CC1. The monoisotopic (exact) mass is 379 g/mol. The molecule has 2 aromatic heterocycles. The second-order valence-electron chi connectivity index (χ2n) is 7.31. The van der Waals surface area contributed by atoms with Gasteiger partial charge in [0.15, 0.2) is 11.4 Å². The maximum atomic E-state index is 11.1. The summed E-state index contributed by atoms with van der Waals surface area (Å²) in [6.45, 7) is 8.76. The highest BCUT2D eigenvalue weighted by atomic mass is 16.5. The van der Waals surface area contributed by atoms with E-state index < -0.39 is 6.09 Å². The number of nitrogens with zero attached hydrogens (tertiary/aromatic N) is 4. The summed E-state index contributed by atoms with van der Waals surface area (Å²) in [6.07, 6.45) is 2.93. The summed E-state index contributed by atoms with van der Waals surface area (Å²) < 4.78 is 6.87. The molecular weight excluding hydrogens is 354 g/mol. The molecule has 146 valence electrons. The lowest BCUT2D eigenvalue weighted by atomic mass is 10.1. The number of pyridine rings is 1. The van der Waals surface area contributed by atoms with Crippen LogP contribution in [-0.2, 0) is 0 Å². The molecular formula is C21H25N5O2. The van der Waals surface area contributed by atoms with E-state index in [1.54, 1.807) is 12.1 Å². The maximum Gasteiger partial charge on any atom is 0.410 e. The average Bonchev–Trinajstić information content (AvgIpc) is 3.13. The largest absolute Gasteiger partial charge is 0.410 e. The molecule has 1 fully saturated rings. The third-order valence-electron chi connectivity index (χ3n) is 5.23. The number of ether oxygens (including phenoxy) is 1. The van der Waals surface area contributed by atoms with Crippen LogP contribution in [0.3, 0.4) is 0 Å². The summed E-state index contributed by atoms with van der Waals surface area (Å²) in [5, 5.41) is 0. The Bertz CT molecular complexity index is 972. The predicted molar refractivity (Wildman–Crippen MR) is 110 cm³/mol. The number of hydrogen-bond acceptors (Lipinski definition) is 5. The standard InChI is InChI=1S/C21H25N5O2/c1-15(2)24-10-12-25(13-11-24)17-7-5-16(6-8-17)18-14-26-9-3-4-19(20(26)23-18)28-21(22)27/h3-9,14-15H,10-13H2,1-2H3,(H2,22,27). The highest BCUT2D eigenvalue weighted by Crippen LogP contribution is 2.27. The zero-order chi connectivity index (χ0) is 19.7. The van der Waals surface area contributed by atoms with Crippen molar-refractivity contribution in [3.8, 4) is 17.0 Å². The van der Waals surface area contributed by atoms with Crippen LogP contribution < -0.4 is 15.4 Å². The summed E-state index contributed by atoms with van der Waals surface area (Å²) in [4.78, 5) is 20.6. The summed E-state index contributed by atoms with van der Waals surface area (Å²) >= 11 is 0. The first kappa shape index (κ1) is 18.3. The highest BCUT2D eigenvalue weighted by Gasteiger charge is 2.19. The molecule has 28 heavy (non-hydrogen) atoms. The quantitative estimate of drug-likeness (QED) is 0.754. The van der Waals surface area contributed by atoms with Gasteiger partial charge in [0.2, 0.25) is 0 Å². The third-order valence-corrected chi connectivity index (χ3v) is 5.23. The van der Waals surface area contributed by atoms with Gasteiger partial charge in [-0.05, 0) is 38.1 Å². The van der Waals surface area contributed by atoms with E-state index in [1.165, 1.54) is 5.69 Å². The van der Waals surface area contributed by atoms with E-state index in [-0.39, 0.29) is 0 Å². The topological polar surface area (TPSA) is 76.1 Å². The van der Waals surface area contributed by atoms with Gasteiger partial charge in [-0.25, -0.2) is 9.78 Å². The molecule has 1 aromatic carbocycles. The van der Waals surface area contributed by atoms with Crippen LogP contribution in [0.4, 0.5) is 10.5 Å². The molecule has 7 nitrogen and oxygen atoms in total. The molecule has 0 bridgehead atoms. The fourth-order valence-corrected chi connectivity index (χ4v) is 3.65. The van der Waals surface area contributed by atoms with Crippen LogP contribution in [0, 0.1) is 0 Å². The minimum atomic E-state index is -0.848. The Balaban J connectivity index is 1.54. The number of nitrogens with two attached hydrogens (primary N) is 1. The molecule has 1 saturated heterocycles. The van der Waals surface area contributed by atoms with Crippen molar-refractivity contribution in [1.29, 1.82) is 0 Å². The Labute approximate surface area is 164 Å². The zero-order valence-corrected chi connectivity index (χ0v) is 16.2. The van der Waals surface area contributed by atoms with Crippen LogP contribution in [0.15, 0.2) is 48.8 Å².